The first kappa shape index (κ1) is 26.4. The van der Waals surface area contributed by atoms with Crippen molar-refractivity contribution in [3.8, 4) is 0 Å². The third kappa shape index (κ3) is 15.8. The second-order valence-electron chi connectivity index (χ2n) is 8.80. The fourth-order valence-electron chi connectivity index (χ4n) is 3.98. The molecule has 1 heterocycles. The van der Waals surface area contributed by atoms with Gasteiger partial charge in [0.25, 0.3) is 0 Å². The molecule has 0 spiro atoms. The Bertz CT molecular complexity index is 375. The normalized spacial score (nSPS) is 17.1. The van der Waals surface area contributed by atoms with Crippen molar-refractivity contribution in [1.29, 1.82) is 0 Å². The van der Waals surface area contributed by atoms with E-state index in [1.807, 2.05) is 0 Å². The van der Waals surface area contributed by atoms with E-state index >= 15 is 0 Å². The summed E-state index contributed by atoms with van der Waals surface area (Å²) < 4.78 is 11.3. The molecule has 0 bridgehead atoms. The van der Waals surface area contributed by atoms with Crippen LogP contribution in [0.25, 0.3) is 0 Å². The summed E-state index contributed by atoms with van der Waals surface area (Å²) in [5.74, 6) is -0.00451. The fraction of sp³-hybridized carbons (Fsp3) is 0.960. The van der Waals surface area contributed by atoms with Gasteiger partial charge < -0.3 is 14.4 Å². The van der Waals surface area contributed by atoms with Crippen molar-refractivity contribution >= 4 is 5.97 Å². The summed E-state index contributed by atoms with van der Waals surface area (Å²) in [6.07, 6.45) is 19.5. The molecule has 172 valence electrons. The molecule has 1 fully saturated rings. The highest BCUT2D eigenvalue weighted by molar-refractivity contribution is 5.69. The number of hydrogen-bond donors (Lipinski definition) is 0. The Labute approximate surface area is 181 Å². The molecule has 0 aromatic carbocycles. The van der Waals surface area contributed by atoms with E-state index in [-0.39, 0.29) is 5.97 Å². The molecule has 1 rings (SSSR count). The number of likely N-dealkylation sites (tertiary alicyclic amines) is 1. The zero-order valence-corrected chi connectivity index (χ0v) is 19.6. The monoisotopic (exact) mass is 411 g/mol. The minimum Gasteiger partial charge on any atom is -0.466 e. The third-order valence-electron chi connectivity index (χ3n) is 5.95. The first-order chi connectivity index (χ1) is 14.3. The highest BCUT2D eigenvalue weighted by Crippen LogP contribution is 2.15. The largest absolute Gasteiger partial charge is 0.466 e. The topological polar surface area (TPSA) is 38.8 Å². The van der Waals surface area contributed by atoms with Gasteiger partial charge >= 0.3 is 5.97 Å². The minimum absolute atomic E-state index is 0.00451. The molecule has 4 nitrogen and oxygen atoms in total. The van der Waals surface area contributed by atoms with Crippen LogP contribution in [0.5, 0.6) is 0 Å². The van der Waals surface area contributed by atoms with Crippen LogP contribution in [0.3, 0.4) is 0 Å². The Morgan fingerprint density at radius 2 is 1.45 bits per heavy atom. The zero-order valence-electron chi connectivity index (χ0n) is 19.6. The summed E-state index contributed by atoms with van der Waals surface area (Å²) >= 11 is 0. The van der Waals surface area contributed by atoms with Crippen molar-refractivity contribution in [3.05, 3.63) is 0 Å². The van der Waals surface area contributed by atoms with Gasteiger partial charge in [-0.15, -0.1) is 0 Å². The number of hydrogen-bond acceptors (Lipinski definition) is 4. The highest BCUT2D eigenvalue weighted by atomic mass is 16.5. The Balaban J connectivity index is 1.82. The lowest BCUT2D eigenvalue weighted by atomic mass is 10.1. The van der Waals surface area contributed by atoms with Gasteiger partial charge in [-0.25, -0.2) is 0 Å². The van der Waals surface area contributed by atoms with Gasteiger partial charge in [0.2, 0.25) is 0 Å². The summed E-state index contributed by atoms with van der Waals surface area (Å²) in [7, 11) is 0. The summed E-state index contributed by atoms with van der Waals surface area (Å²) in [5, 5.41) is 0. The SMILES string of the molecule is CCCCCCCCCCCOC(=O)CCCCCN1CCC(OCCCC)C1. The Kier molecular flexibility index (Phi) is 17.6. The van der Waals surface area contributed by atoms with Gasteiger partial charge in [0, 0.05) is 26.1 Å². The lowest BCUT2D eigenvalue weighted by Gasteiger charge is -2.16. The van der Waals surface area contributed by atoms with E-state index in [0.717, 1.165) is 45.5 Å². The molecule has 1 atom stereocenters. The van der Waals surface area contributed by atoms with Gasteiger partial charge in [0.05, 0.1) is 12.7 Å². The van der Waals surface area contributed by atoms with Crippen molar-refractivity contribution in [2.45, 2.75) is 123 Å². The average molecular weight is 412 g/mol. The van der Waals surface area contributed by atoms with Crippen molar-refractivity contribution < 1.29 is 14.3 Å². The molecule has 0 aliphatic carbocycles. The first-order valence-electron chi connectivity index (χ1n) is 12.8. The lowest BCUT2D eigenvalue weighted by Crippen LogP contribution is -2.24. The molecule has 4 heteroatoms. The highest BCUT2D eigenvalue weighted by Gasteiger charge is 2.22. The number of ether oxygens (including phenoxy) is 2. The van der Waals surface area contributed by atoms with Gasteiger partial charge in [0.15, 0.2) is 0 Å². The van der Waals surface area contributed by atoms with Crippen LogP contribution in [0.4, 0.5) is 0 Å². The van der Waals surface area contributed by atoms with E-state index in [2.05, 4.69) is 18.7 Å². The number of carbonyl (C=O) groups is 1. The molecule has 29 heavy (non-hydrogen) atoms. The Morgan fingerprint density at radius 3 is 2.17 bits per heavy atom. The number of carbonyl (C=O) groups excluding carboxylic acids is 1. The maximum Gasteiger partial charge on any atom is 0.305 e. The van der Waals surface area contributed by atoms with Crippen LogP contribution in [0, 0.1) is 0 Å². The number of rotatable bonds is 20. The van der Waals surface area contributed by atoms with E-state index < -0.39 is 0 Å². The van der Waals surface area contributed by atoms with Gasteiger partial charge in [-0.05, 0) is 38.6 Å². The molecule has 1 saturated heterocycles. The molecule has 0 amide bonds. The smallest absolute Gasteiger partial charge is 0.305 e. The summed E-state index contributed by atoms with van der Waals surface area (Å²) in [4.78, 5) is 14.3. The first-order valence-corrected chi connectivity index (χ1v) is 12.8. The van der Waals surface area contributed by atoms with Crippen LogP contribution in [0.2, 0.25) is 0 Å². The molecular weight excluding hydrogens is 362 g/mol. The molecule has 1 aliphatic heterocycles. The number of unbranched alkanes of at least 4 members (excludes halogenated alkanes) is 11. The molecule has 1 unspecified atom stereocenters. The summed E-state index contributed by atoms with van der Waals surface area (Å²) in [5.41, 5.74) is 0. The maximum atomic E-state index is 11.8. The van der Waals surface area contributed by atoms with Crippen LogP contribution in [0.1, 0.15) is 117 Å². The maximum absolute atomic E-state index is 11.8. The summed E-state index contributed by atoms with van der Waals surface area (Å²) in [6, 6.07) is 0. The molecule has 0 aromatic heterocycles. The zero-order chi connectivity index (χ0) is 21.0. The van der Waals surface area contributed by atoms with Crippen LogP contribution in [-0.2, 0) is 14.3 Å². The predicted octanol–water partition coefficient (Wildman–Crippen LogP) is 6.51. The summed E-state index contributed by atoms with van der Waals surface area (Å²) in [6.45, 7) is 9.38. The lowest BCUT2D eigenvalue weighted by molar-refractivity contribution is -0.143. The van der Waals surface area contributed by atoms with E-state index in [1.54, 1.807) is 0 Å². The Morgan fingerprint density at radius 1 is 0.793 bits per heavy atom. The van der Waals surface area contributed by atoms with Gasteiger partial charge in [-0.3, -0.25) is 4.79 Å². The minimum atomic E-state index is -0.00451. The second kappa shape index (κ2) is 19.4. The van der Waals surface area contributed by atoms with Crippen LogP contribution in [0.15, 0.2) is 0 Å². The molecule has 0 N–H and O–H groups in total. The van der Waals surface area contributed by atoms with Crippen molar-refractivity contribution in [3.63, 3.8) is 0 Å². The standard InChI is InChI=1S/C25H49NO3/c1-3-5-7-8-9-10-11-12-16-22-29-25(27)17-14-13-15-19-26-20-18-24(23-26)28-21-6-4-2/h24H,3-23H2,1-2H3. The Hall–Kier alpha value is -0.610. The second-order valence-corrected chi connectivity index (χ2v) is 8.80. The number of nitrogens with zero attached hydrogens (tertiary/aromatic N) is 1. The average Bonchev–Trinajstić information content (AvgIpc) is 3.17. The molecule has 0 aromatic rings. The van der Waals surface area contributed by atoms with Crippen LogP contribution < -0.4 is 0 Å². The van der Waals surface area contributed by atoms with Gasteiger partial charge in [-0.1, -0.05) is 78.1 Å². The van der Waals surface area contributed by atoms with E-state index in [0.29, 0.717) is 19.1 Å². The molecular formula is C25H49NO3. The van der Waals surface area contributed by atoms with Gasteiger partial charge in [-0.2, -0.15) is 0 Å². The van der Waals surface area contributed by atoms with Gasteiger partial charge in [0.1, 0.15) is 0 Å². The van der Waals surface area contributed by atoms with E-state index in [1.165, 1.54) is 77.0 Å². The molecule has 0 radical (unpaired) electrons. The van der Waals surface area contributed by atoms with Crippen LogP contribution in [-0.4, -0.2) is 49.8 Å². The van der Waals surface area contributed by atoms with Crippen molar-refractivity contribution in [2.75, 3.05) is 32.8 Å². The number of esters is 1. The third-order valence-corrected chi connectivity index (χ3v) is 5.95. The van der Waals surface area contributed by atoms with Crippen molar-refractivity contribution in [2.24, 2.45) is 0 Å². The molecule has 0 saturated carbocycles. The predicted molar refractivity (Wildman–Crippen MR) is 122 cm³/mol. The molecule has 1 aliphatic rings. The quantitative estimate of drug-likeness (QED) is 0.169. The fourth-order valence-corrected chi connectivity index (χ4v) is 3.98. The van der Waals surface area contributed by atoms with Crippen molar-refractivity contribution in [1.82, 2.24) is 4.90 Å². The van der Waals surface area contributed by atoms with Crippen LogP contribution >= 0.6 is 0 Å². The van der Waals surface area contributed by atoms with E-state index in [4.69, 9.17) is 9.47 Å². The van der Waals surface area contributed by atoms with E-state index in [9.17, 15) is 4.79 Å².